The van der Waals surface area contributed by atoms with E-state index in [4.69, 9.17) is 4.55 Å². The third-order valence-corrected chi connectivity index (χ3v) is 0.763. The Bertz CT molecular complexity index is 166. The van der Waals surface area contributed by atoms with Gasteiger partial charge >= 0.3 is 15.4 Å². The highest BCUT2D eigenvalue weighted by molar-refractivity contribution is 8.01. The first-order valence-corrected chi connectivity index (χ1v) is 2.65. The highest BCUT2D eigenvalue weighted by Gasteiger charge is 2.10. The summed E-state index contributed by atoms with van der Waals surface area (Å²) in [5, 5.41) is -1.73. The van der Waals surface area contributed by atoms with Gasteiger partial charge in [-0.3, -0.25) is 9.35 Å². The molecule has 5 nitrogen and oxygen atoms in total. The van der Waals surface area contributed by atoms with Crippen molar-refractivity contribution in [1.29, 1.82) is 0 Å². The van der Waals surface area contributed by atoms with Crippen molar-refractivity contribution in [2.45, 2.75) is 0 Å². The van der Waals surface area contributed by atoms with Crippen LogP contribution in [0.25, 0.3) is 0 Å². The highest BCUT2D eigenvalue weighted by atomic mass is 32.2. The van der Waals surface area contributed by atoms with Crippen LogP contribution in [-0.4, -0.2) is 18.2 Å². The zero-order chi connectivity index (χ0) is 6.08. The van der Waals surface area contributed by atoms with Crippen LogP contribution in [0.2, 0.25) is 0 Å². The zero-order valence-electron chi connectivity index (χ0n) is 3.16. The molecule has 0 aliphatic heterocycles. The first-order chi connectivity index (χ1) is 2.94. The van der Waals surface area contributed by atoms with E-state index in [0.29, 0.717) is 0 Å². The number of carbonyl (C=O) groups is 1. The summed E-state index contributed by atoms with van der Waals surface area (Å²) in [6.07, 6.45) is 0. The van der Waals surface area contributed by atoms with Crippen molar-refractivity contribution in [3.8, 4) is 0 Å². The third-order valence-electron chi connectivity index (χ3n) is 0.254. The fraction of sp³-hybridized carbons (Fsp3) is 0. The first-order valence-electron chi connectivity index (χ1n) is 1.21. The molecule has 0 aromatic rings. The maximum Gasteiger partial charge on any atom is 0.361 e. The summed E-state index contributed by atoms with van der Waals surface area (Å²) in [4.78, 5) is 9.41. The summed E-state index contributed by atoms with van der Waals surface area (Å²) < 4.78 is 26.4. The average molecular weight is 125 g/mol. The van der Waals surface area contributed by atoms with Crippen molar-refractivity contribution in [3.63, 3.8) is 0 Å². The summed E-state index contributed by atoms with van der Waals surface area (Å²) in [6, 6.07) is 0. The molecule has 3 N–H and O–H groups in total. The molecule has 0 fully saturated rings. The number of rotatable bonds is 0. The van der Waals surface area contributed by atoms with Gasteiger partial charge in [0.15, 0.2) is 0 Å². The minimum atomic E-state index is -4.60. The quantitative estimate of drug-likeness (QED) is 0.404. The van der Waals surface area contributed by atoms with E-state index in [1.54, 1.807) is 0 Å². The van der Waals surface area contributed by atoms with Gasteiger partial charge in [-0.25, -0.2) is 0 Å². The Labute approximate surface area is 39.9 Å². The van der Waals surface area contributed by atoms with Crippen LogP contribution in [0.4, 0.5) is 4.79 Å². The third kappa shape index (κ3) is 2.12. The molecule has 0 unspecified atom stereocenters. The van der Waals surface area contributed by atoms with Crippen LogP contribution in [0.1, 0.15) is 0 Å². The van der Waals surface area contributed by atoms with Crippen LogP contribution in [0, 0.1) is 0 Å². The van der Waals surface area contributed by atoms with Gasteiger partial charge in [-0.1, -0.05) is 0 Å². The Morgan fingerprint density at radius 2 is 1.71 bits per heavy atom. The molecule has 0 rings (SSSR count). The minimum Gasteiger partial charge on any atom is -0.354 e. The second-order valence-electron chi connectivity index (χ2n) is 0.794. The molecule has 42 valence electrons. The van der Waals surface area contributed by atoms with Gasteiger partial charge in [-0.15, -0.1) is 0 Å². The molecular formula is CH3NO4S. The summed E-state index contributed by atoms with van der Waals surface area (Å²) in [5.41, 5.74) is 4.09. The van der Waals surface area contributed by atoms with Gasteiger partial charge in [-0.05, 0) is 0 Å². The topological polar surface area (TPSA) is 97.5 Å². The van der Waals surface area contributed by atoms with Crippen molar-refractivity contribution in [1.82, 2.24) is 0 Å². The van der Waals surface area contributed by atoms with Gasteiger partial charge in [0.25, 0.3) is 0 Å². The fourth-order valence-electron chi connectivity index (χ4n) is 0. The van der Waals surface area contributed by atoms with Gasteiger partial charge < -0.3 is 5.73 Å². The maximum absolute atomic E-state index is 9.41. The number of hydrogen-bond acceptors (Lipinski definition) is 3. The average Bonchev–Trinajstić information content (AvgIpc) is 1.31. The normalized spacial score (nSPS) is 11.0. The Balaban J connectivity index is 4.43. The predicted molar refractivity (Wildman–Crippen MR) is 21.1 cm³/mol. The van der Waals surface area contributed by atoms with Crippen molar-refractivity contribution < 1.29 is 17.8 Å². The number of amides is 1. The molecule has 7 heavy (non-hydrogen) atoms. The molecular weight excluding hydrogens is 122 g/mol. The number of carbonyl (C=O) groups excluding carboxylic acids is 1. The molecule has 0 bridgehead atoms. The lowest BCUT2D eigenvalue weighted by Gasteiger charge is -1.80. The van der Waals surface area contributed by atoms with Crippen molar-refractivity contribution >= 4 is 15.4 Å². The zero-order valence-corrected chi connectivity index (χ0v) is 3.97. The Morgan fingerprint density at radius 1 is 1.57 bits per heavy atom. The van der Waals surface area contributed by atoms with Crippen molar-refractivity contribution in [3.05, 3.63) is 0 Å². The first kappa shape index (κ1) is 6.38. The molecule has 0 aliphatic carbocycles. The molecule has 0 radical (unpaired) electrons. The molecule has 0 atom stereocenters. The number of hydrogen-bond donors (Lipinski definition) is 2. The van der Waals surface area contributed by atoms with Crippen LogP contribution in [-0.2, 0) is 10.1 Å². The second-order valence-corrected chi connectivity index (χ2v) is 2.15. The number of primary amides is 1. The van der Waals surface area contributed by atoms with Gasteiger partial charge in [0.2, 0.25) is 0 Å². The second kappa shape index (κ2) is 1.47. The van der Waals surface area contributed by atoms with E-state index < -0.39 is 15.4 Å². The Morgan fingerprint density at radius 3 is 1.71 bits per heavy atom. The summed E-state index contributed by atoms with van der Waals surface area (Å²) >= 11 is 0. The van der Waals surface area contributed by atoms with Crippen LogP contribution in [0.5, 0.6) is 0 Å². The summed E-state index contributed by atoms with van der Waals surface area (Å²) in [5.74, 6) is 0. The van der Waals surface area contributed by atoms with Crippen LogP contribution in [0.15, 0.2) is 0 Å². The SMILES string of the molecule is NC(=O)S(=O)(=O)O. The summed E-state index contributed by atoms with van der Waals surface area (Å²) in [7, 11) is -4.60. The van der Waals surface area contributed by atoms with E-state index in [0.717, 1.165) is 0 Å². The molecule has 0 aromatic heterocycles. The minimum absolute atomic E-state index is 1.73. The van der Waals surface area contributed by atoms with Gasteiger partial charge in [0, 0.05) is 0 Å². The number of nitrogens with two attached hydrogens (primary N) is 1. The maximum atomic E-state index is 9.41. The molecule has 1 amide bonds. The monoisotopic (exact) mass is 125 g/mol. The van der Waals surface area contributed by atoms with Crippen LogP contribution >= 0.6 is 0 Å². The van der Waals surface area contributed by atoms with Gasteiger partial charge in [0.1, 0.15) is 0 Å². The molecule has 0 heterocycles. The molecule has 0 spiro atoms. The van der Waals surface area contributed by atoms with Crippen LogP contribution < -0.4 is 5.73 Å². The van der Waals surface area contributed by atoms with E-state index in [2.05, 4.69) is 5.73 Å². The standard InChI is InChI=1S/CH3NO4S/c2-1(3)7(4,5)6/h(H2,2,3)(H,4,5,6). The molecule has 0 saturated heterocycles. The van der Waals surface area contributed by atoms with E-state index in [1.165, 1.54) is 0 Å². The molecule has 0 saturated carbocycles. The lowest BCUT2D eigenvalue weighted by atomic mass is 11.5. The van der Waals surface area contributed by atoms with Gasteiger partial charge in [-0.2, -0.15) is 8.42 Å². The summed E-state index contributed by atoms with van der Waals surface area (Å²) in [6.45, 7) is 0. The Kier molecular flexibility index (Phi) is 1.34. The highest BCUT2D eigenvalue weighted by Crippen LogP contribution is 1.75. The Hall–Kier alpha value is -0.620. The van der Waals surface area contributed by atoms with E-state index in [-0.39, 0.29) is 0 Å². The fourth-order valence-corrected chi connectivity index (χ4v) is 0. The van der Waals surface area contributed by atoms with E-state index in [1.807, 2.05) is 0 Å². The lowest BCUT2D eigenvalue weighted by Crippen LogP contribution is -2.20. The largest absolute Gasteiger partial charge is 0.361 e. The lowest BCUT2D eigenvalue weighted by molar-refractivity contribution is 0.262. The van der Waals surface area contributed by atoms with Crippen LogP contribution in [0.3, 0.4) is 0 Å². The van der Waals surface area contributed by atoms with E-state index >= 15 is 0 Å². The van der Waals surface area contributed by atoms with E-state index in [9.17, 15) is 13.2 Å². The predicted octanol–water partition coefficient (Wildman–Crippen LogP) is -1.05. The molecule has 0 aliphatic rings. The smallest absolute Gasteiger partial charge is 0.354 e. The molecule has 0 aromatic carbocycles. The van der Waals surface area contributed by atoms with Gasteiger partial charge in [0.05, 0.1) is 0 Å². The van der Waals surface area contributed by atoms with Crippen molar-refractivity contribution in [2.24, 2.45) is 5.73 Å². The molecule has 6 heteroatoms. The van der Waals surface area contributed by atoms with Crippen molar-refractivity contribution in [2.75, 3.05) is 0 Å².